The molecular formula is C13H17FN2. The lowest BCUT2D eigenvalue weighted by Crippen LogP contribution is -2.44. The van der Waals surface area contributed by atoms with Crippen LogP contribution in [-0.4, -0.2) is 31.1 Å². The van der Waals surface area contributed by atoms with Crippen molar-refractivity contribution in [2.75, 3.05) is 26.2 Å². The van der Waals surface area contributed by atoms with Crippen LogP contribution in [0.4, 0.5) is 4.39 Å². The van der Waals surface area contributed by atoms with Gasteiger partial charge in [-0.2, -0.15) is 0 Å². The molecular weight excluding hydrogens is 203 g/mol. The van der Waals surface area contributed by atoms with Crippen LogP contribution < -0.4 is 5.32 Å². The van der Waals surface area contributed by atoms with E-state index in [1.807, 2.05) is 6.07 Å². The van der Waals surface area contributed by atoms with E-state index < -0.39 is 0 Å². The van der Waals surface area contributed by atoms with E-state index in [0.29, 0.717) is 6.04 Å². The predicted molar refractivity (Wildman–Crippen MR) is 61.9 cm³/mol. The summed E-state index contributed by atoms with van der Waals surface area (Å²) in [4.78, 5) is 2.45. The molecule has 1 aromatic carbocycles. The quantitative estimate of drug-likeness (QED) is 0.816. The van der Waals surface area contributed by atoms with E-state index in [-0.39, 0.29) is 5.82 Å². The summed E-state index contributed by atoms with van der Waals surface area (Å²) < 4.78 is 13.1. The van der Waals surface area contributed by atoms with E-state index in [0.717, 1.165) is 19.5 Å². The highest BCUT2D eigenvalue weighted by Crippen LogP contribution is 2.25. The summed E-state index contributed by atoms with van der Waals surface area (Å²) in [6.07, 6.45) is 2.27. The molecule has 0 radical (unpaired) electrons. The Bertz CT molecular complexity index is 388. The summed E-state index contributed by atoms with van der Waals surface area (Å²) >= 11 is 0. The van der Waals surface area contributed by atoms with Crippen LogP contribution in [-0.2, 0) is 6.42 Å². The smallest absolute Gasteiger partial charge is 0.123 e. The van der Waals surface area contributed by atoms with Crippen molar-refractivity contribution in [3.8, 4) is 0 Å². The highest BCUT2D eigenvalue weighted by Gasteiger charge is 2.24. The van der Waals surface area contributed by atoms with E-state index in [9.17, 15) is 4.39 Å². The number of benzene rings is 1. The first-order chi connectivity index (χ1) is 7.83. The van der Waals surface area contributed by atoms with Gasteiger partial charge in [-0.25, -0.2) is 4.39 Å². The minimum absolute atomic E-state index is 0.108. The number of nitrogens with one attached hydrogen (secondary N) is 1. The fourth-order valence-corrected chi connectivity index (χ4v) is 2.61. The zero-order valence-corrected chi connectivity index (χ0v) is 9.38. The number of nitrogens with zero attached hydrogens (tertiary/aromatic N) is 1. The second kappa shape index (κ2) is 4.15. The van der Waals surface area contributed by atoms with Crippen molar-refractivity contribution in [3.63, 3.8) is 0 Å². The molecule has 1 aromatic rings. The van der Waals surface area contributed by atoms with Gasteiger partial charge in [-0.1, -0.05) is 6.07 Å². The molecule has 3 rings (SSSR count). The maximum absolute atomic E-state index is 13.1. The SMILES string of the molecule is Fc1ccc2c(c1)CCNC2CN1CCC1. The van der Waals surface area contributed by atoms with Crippen LogP contribution in [0.1, 0.15) is 23.6 Å². The fourth-order valence-electron chi connectivity index (χ4n) is 2.61. The molecule has 3 heteroatoms. The van der Waals surface area contributed by atoms with Crippen LogP contribution in [0.3, 0.4) is 0 Å². The minimum Gasteiger partial charge on any atom is -0.309 e. The summed E-state index contributed by atoms with van der Waals surface area (Å²) in [6, 6.07) is 5.61. The Hall–Kier alpha value is -0.930. The van der Waals surface area contributed by atoms with E-state index in [2.05, 4.69) is 10.2 Å². The van der Waals surface area contributed by atoms with Crippen molar-refractivity contribution in [2.45, 2.75) is 18.9 Å². The minimum atomic E-state index is -0.108. The Morgan fingerprint density at radius 3 is 3.00 bits per heavy atom. The third-order valence-electron chi connectivity index (χ3n) is 3.65. The topological polar surface area (TPSA) is 15.3 Å². The zero-order valence-electron chi connectivity index (χ0n) is 9.38. The van der Waals surface area contributed by atoms with Gasteiger partial charge in [-0.15, -0.1) is 0 Å². The highest BCUT2D eigenvalue weighted by atomic mass is 19.1. The van der Waals surface area contributed by atoms with Crippen LogP contribution in [0.25, 0.3) is 0 Å². The summed E-state index contributed by atoms with van der Waals surface area (Å²) in [5, 5.41) is 3.53. The molecule has 0 saturated carbocycles. The number of likely N-dealkylation sites (tertiary alicyclic amines) is 1. The molecule has 1 fully saturated rings. The van der Waals surface area contributed by atoms with Gasteiger partial charge in [-0.05, 0) is 55.7 Å². The molecule has 2 heterocycles. The van der Waals surface area contributed by atoms with Crippen molar-refractivity contribution in [1.82, 2.24) is 10.2 Å². The first kappa shape index (κ1) is 10.2. The molecule has 86 valence electrons. The Labute approximate surface area is 95.4 Å². The molecule has 0 aromatic heterocycles. The second-order valence-electron chi connectivity index (χ2n) is 4.75. The van der Waals surface area contributed by atoms with E-state index >= 15 is 0 Å². The van der Waals surface area contributed by atoms with Crippen molar-refractivity contribution >= 4 is 0 Å². The van der Waals surface area contributed by atoms with Gasteiger partial charge in [0.2, 0.25) is 0 Å². The fraction of sp³-hybridized carbons (Fsp3) is 0.538. The summed E-state index contributed by atoms with van der Waals surface area (Å²) in [5.41, 5.74) is 2.48. The molecule has 0 bridgehead atoms. The average Bonchev–Trinajstić information content (AvgIpc) is 2.23. The molecule has 0 amide bonds. The highest BCUT2D eigenvalue weighted by molar-refractivity contribution is 5.33. The van der Waals surface area contributed by atoms with Gasteiger partial charge in [0.05, 0.1) is 0 Å². The van der Waals surface area contributed by atoms with Crippen molar-refractivity contribution in [2.24, 2.45) is 0 Å². The maximum Gasteiger partial charge on any atom is 0.123 e. The molecule has 1 N–H and O–H groups in total. The molecule has 1 atom stereocenters. The van der Waals surface area contributed by atoms with Gasteiger partial charge < -0.3 is 10.2 Å². The zero-order chi connectivity index (χ0) is 11.0. The Kier molecular flexibility index (Phi) is 2.65. The maximum atomic E-state index is 13.1. The summed E-state index contributed by atoms with van der Waals surface area (Å²) in [7, 11) is 0. The average molecular weight is 220 g/mol. The van der Waals surface area contributed by atoms with Crippen LogP contribution in [0.15, 0.2) is 18.2 Å². The summed E-state index contributed by atoms with van der Waals surface area (Å²) in [6.45, 7) is 4.47. The van der Waals surface area contributed by atoms with Crippen LogP contribution in [0.5, 0.6) is 0 Å². The molecule has 2 nitrogen and oxygen atoms in total. The van der Waals surface area contributed by atoms with Gasteiger partial charge in [0.1, 0.15) is 5.82 Å². The van der Waals surface area contributed by atoms with Crippen molar-refractivity contribution in [3.05, 3.63) is 35.1 Å². The lowest BCUT2D eigenvalue weighted by molar-refractivity contribution is 0.159. The number of rotatable bonds is 2. The Balaban J connectivity index is 1.81. The molecule has 0 aliphatic carbocycles. The van der Waals surface area contributed by atoms with Crippen LogP contribution in [0.2, 0.25) is 0 Å². The van der Waals surface area contributed by atoms with E-state index in [1.165, 1.54) is 30.6 Å². The molecule has 0 spiro atoms. The standard InChI is InChI=1S/C13H17FN2/c14-11-2-3-12-10(8-11)4-5-15-13(12)9-16-6-1-7-16/h2-3,8,13,15H,1,4-7,9H2. The predicted octanol–water partition coefficient (Wildman–Crippen LogP) is 1.72. The van der Waals surface area contributed by atoms with Gasteiger partial charge in [-0.3, -0.25) is 0 Å². The van der Waals surface area contributed by atoms with E-state index in [1.54, 1.807) is 12.1 Å². The first-order valence-electron chi connectivity index (χ1n) is 6.07. The normalized spacial score (nSPS) is 24.9. The van der Waals surface area contributed by atoms with Gasteiger partial charge in [0, 0.05) is 12.6 Å². The number of fused-ring (bicyclic) bond motifs is 1. The largest absolute Gasteiger partial charge is 0.309 e. The lowest BCUT2D eigenvalue weighted by Gasteiger charge is -2.36. The van der Waals surface area contributed by atoms with Crippen molar-refractivity contribution in [1.29, 1.82) is 0 Å². The van der Waals surface area contributed by atoms with Crippen LogP contribution in [0, 0.1) is 5.82 Å². The molecule has 1 unspecified atom stereocenters. The second-order valence-corrected chi connectivity index (χ2v) is 4.75. The summed E-state index contributed by atoms with van der Waals surface area (Å²) in [5.74, 6) is -0.108. The Morgan fingerprint density at radius 2 is 2.25 bits per heavy atom. The van der Waals surface area contributed by atoms with E-state index in [4.69, 9.17) is 0 Å². The van der Waals surface area contributed by atoms with Gasteiger partial charge >= 0.3 is 0 Å². The molecule has 2 aliphatic rings. The number of halogens is 1. The lowest BCUT2D eigenvalue weighted by atomic mass is 9.93. The van der Waals surface area contributed by atoms with Crippen molar-refractivity contribution < 1.29 is 4.39 Å². The number of hydrogen-bond donors (Lipinski definition) is 1. The molecule has 16 heavy (non-hydrogen) atoms. The van der Waals surface area contributed by atoms with Gasteiger partial charge in [0.15, 0.2) is 0 Å². The van der Waals surface area contributed by atoms with Crippen LogP contribution >= 0.6 is 0 Å². The molecule has 1 saturated heterocycles. The molecule has 2 aliphatic heterocycles. The third-order valence-corrected chi connectivity index (χ3v) is 3.65. The number of hydrogen-bond acceptors (Lipinski definition) is 2. The Morgan fingerprint density at radius 1 is 1.38 bits per heavy atom. The monoisotopic (exact) mass is 220 g/mol. The third kappa shape index (κ3) is 1.85. The van der Waals surface area contributed by atoms with Gasteiger partial charge in [0.25, 0.3) is 0 Å². The first-order valence-corrected chi connectivity index (χ1v) is 6.07.